The first-order valence-corrected chi connectivity index (χ1v) is 5.86. The van der Waals surface area contributed by atoms with Gasteiger partial charge in [-0.15, -0.1) is 0 Å². The van der Waals surface area contributed by atoms with Crippen LogP contribution in [0.25, 0.3) is 10.9 Å². The highest BCUT2D eigenvalue weighted by Gasteiger charge is 2.16. The van der Waals surface area contributed by atoms with Crippen LogP contribution in [0.3, 0.4) is 0 Å². The number of nitrogens with one attached hydrogen (secondary N) is 2. The van der Waals surface area contributed by atoms with Gasteiger partial charge in [0.1, 0.15) is 5.75 Å². The van der Waals surface area contributed by atoms with E-state index in [1.54, 1.807) is 0 Å². The molecule has 2 aromatic rings. The number of rotatable bonds is 2. The largest absolute Gasteiger partial charge is 0.492 e. The van der Waals surface area contributed by atoms with Gasteiger partial charge in [-0.2, -0.15) is 0 Å². The molecule has 0 aliphatic carbocycles. The molecule has 0 unspecified atom stereocenters. The third-order valence-corrected chi connectivity index (χ3v) is 3.14. The van der Waals surface area contributed by atoms with Crippen molar-refractivity contribution in [1.82, 2.24) is 10.3 Å². The molecule has 1 aromatic carbocycles. The second-order valence-corrected chi connectivity index (χ2v) is 4.12. The van der Waals surface area contributed by atoms with Gasteiger partial charge in [0.15, 0.2) is 0 Å². The molecule has 0 spiro atoms. The maximum absolute atomic E-state index is 5.65. The van der Waals surface area contributed by atoms with Crippen LogP contribution in [0.5, 0.6) is 5.75 Å². The van der Waals surface area contributed by atoms with E-state index >= 15 is 0 Å². The predicted molar refractivity (Wildman–Crippen MR) is 64.9 cm³/mol. The van der Waals surface area contributed by atoms with Gasteiger partial charge in [0.2, 0.25) is 0 Å². The van der Waals surface area contributed by atoms with Gasteiger partial charge in [-0.1, -0.05) is 12.1 Å². The summed E-state index contributed by atoms with van der Waals surface area (Å²) >= 11 is 0. The van der Waals surface area contributed by atoms with Crippen molar-refractivity contribution in [1.29, 1.82) is 0 Å². The van der Waals surface area contributed by atoms with Gasteiger partial charge in [-0.25, -0.2) is 0 Å². The number of benzene rings is 1. The van der Waals surface area contributed by atoms with Crippen molar-refractivity contribution in [3.8, 4) is 5.75 Å². The molecule has 1 aromatic heterocycles. The molecule has 1 aliphatic heterocycles. The van der Waals surface area contributed by atoms with Gasteiger partial charge in [-0.05, 0) is 31.5 Å². The van der Waals surface area contributed by atoms with Crippen molar-refractivity contribution in [3.63, 3.8) is 0 Å². The Bertz CT molecular complexity index is 516. The molecule has 0 saturated carbocycles. The summed E-state index contributed by atoms with van der Waals surface area (Å²) < 4.78 is 5.65. The van der Waals surface area contributed by atoms with Gasteiger partial charge < -0.3 is 15.0 Å². The third kappa shape index (κ3) is 1.39. The Kier molecular flexibility index (Phi) is 2.33. The first-order valence-electron chi connectivity index (χ1n) is 5.86. The van der Waals surface area contributed by atoms with Crippen LogP contribution in [0, 0.1) is 0 Å². The van der Waals surface area contributed by atoms with Gasteiger partial charge in [-0.3, -0.25) is 0 Å². The van der Waals surface area contributed by atoms with Crippen LogP contribution in [-0.2, 0) is 13.0 Å². The summed E-state index contributed by atoms with van der Waals surface area (Å²) in [6.45, 7) is 4.73. The first-order chi connectivity index (χ1) is 7.90. The van der Waals surface area contributed by atoms with Crippen molar-refractivity contribution >= 4 is 10.9 Å². The number of para-hydroxylation sites is 1. The molecular formula is C13H16N2O. The van der Waals surface area contributed by atoms with Crippen LogP contribution in [0.4, 0.5) is 0 Å². The van der Waals surface area contributed by atoms with Crippen molar-refractivity contribution in [2.75, 3.05) is 13.2 Å². The third-order valence-electron chi connectivity index (χ3n) is 3.14. The van der Waals surface area contributed by atoms with E-state index in [0.717, 1.165) is 30.8 Å². The number of hydrogen-bond donors (Lipinski definition) is 2. The molecule has 2 N–H and O–H groups in total. The first kappa shape index (κ1) is 9.73. The van der Waals surface area contributed by atoms with Crippen LogP contribution in [0.15, 0.2) is 18.2 Å². The Labute approximate surface area is 94.8 Å². The predicted octanol–water partition coefficient (Wildman–Crippen LogP) is 2.21. The summed E-state index contributed by atoms with van der Waals surface area (Å²) in [7, 11) is 0. The Morgan fingerprint density at radius 1 is 1.38 bits per heavy atom. The molecule has 2 heterocycles. The molecule has 84 valence electrons. The number of hydrogen-bond acceptors (Lipinski definition) is 2. The Hall–Kier alpha value is -1.48. The quantitative estimate of drug-likeness (QED) is 0.807. The minimum Gasteiger partial charge on any atom is -0.492 e. The molecule has 0 fully saturated rings. The van der Waals surface area contributed by atoms with Crippen LogP contribution < -0.4 is 10.1 Å². The summed E-state index contributed by atoms with van der Waals surface area (Å²) in [5.41, 5.74) is 3.92. The summed E-state index contributed by atoms with van der Waals surface area (Å²) in [6.07, 6.45) is 1.10. The molecule has 0 radical (unpaired) electrons. The van der Waals surface area contributed by atoms with Crippen molar-refractivity contribution < 1.29 is 4.74 Å². The highest BCUT2D eigenvalue weighted by atomic mass is 16.5. The standard InChI is InChI=1S/C13H16N2O/c1-2-16-12-5-3-4-10-9-6-7-14-8-11(9)15-13(10)12/h3-5,14-15H,2,6-8H2,1H3. The molecule has 16 heavy (non-hydrogen) atoms. The molecule has 3 heteroatoms. The molecule has 0 saturated heterocycles. The van der Waals surface area contributed by atoms with E-state index in [1.807, 2.05) is 13.0 Å². The summed E-state index contributed by atoms with van der Waals surface area (Å²) in [6, 6.07) is 6.28. The maximum atomic E-state index is 5.65. The molecule has 0 amide bonds. The summed E-state index contributed by atoms with van der Waals surface area (Å²) in [5.74, 6) is 0.967. The Morgan fingerprint density at radius 3 is 3.19 bits per heavy atom. The van der Waals surface area contributed by atoms with E-state index in [-0.39, 0.29) is 0 Å². The lowest BCUT2D eigenvalue weighted by Gasteiger charge is -2.12. The zero-order valence-electron chi connectivity index (χ0n) is 9.47. The summed E-state index contributed by atoms with van der Waals surface area (Å²) in [4.78, 5) is 3.48. The minimum absolute atomic E-state index is 0.709. The van der Waals surface area contributed by atoms with Crippen LogP contribution >= 0.6 is 0 Å². The number of aromatic nitrogens is 1. The fourth-order valence-corrected chi connectivity index (χ4v) is 2.44. The number of aromatic amines is 1. The average Bonchev–Trinajstić information content (AvgIpc) is 2.69. The highest BCUT2D eigenvalue weighted by molar-refractivity contribution is 5.89. The van der Waals surface area contributed by atoms with E-state index in [1.165, 1.54) is 16.6 Å². The zero-order valence-corrected chi connectivity index (χ0v) is 9.47. The van der Waals surface area contributed by atoms with Crippen LogP contribution in [0.2, 0.25) is 0 Å². The normalized spacial score (nSPS) is 15.1. The van der Waals surface area contributed by atoms with Crippen LogP contribution in [-0.4, -0.2) is 18.1 Å². The lowest BCUT2D eigenvalue weighted by Crippen LogP contribution is -2.22. The number of H-pyrrole nitrogens is 1. The van der Waals surface area contributed by atoms with E-state index in [0.29, 0.717) is 6.61 Å². The molecular weight excluding hydrogens is 200 g/mol. The molecule has 3 rings (SSSR count). The van der Waals surface area contributed by atoms with Gasteiger partial charge >= 0.3 is 0 Å². The SMILES string of the molecule is CCOc1cccc2c3c([nH]c12)CNCC3. The molecule has 0 atom stereocenters. The average molecular weight is 216 g/mol. The van der Waals surface area contributed by atoms with E-state index in [2.05, 4.69) is 22.4 Å². The topological polar surface area (TPSA) is 37.0 Å². The Balaban J connectivity index is 2.21. The van der Waals surface area contributed by atoms with E-state index in [4.69, 9.17) is 4.74 Å². The zero-order chi connectivity index (χ0) is 11.0. The molecule has 1 aliphatic rings. The van der Waals surface area contributed by atoms with Gasteiger partial charge in [0.25, 0.3) is 0 Å². The smallest absolute Gasteiger partial charge is 0.143 e. The van der Waals surface area contributed by atoms with Crippen molar-refractivity contribution in [2.45, 2.75) is 19.9 Å². The lowest BCUT2D eigenvalue weighted by molar-refractivity contribution is 0.343. The fraction of sp³-hybridized carbons (Fsp3) is 0.385. The van der Waals surface area contributed by atoms with Gasteiger partial charge in [0, 0.05) is 17.6 Å². The van der Waals surface area contributed by atoms with E-state index in [9.17, 15) is 0 Å². The molecule has 3 nitrogen and oxygen atoms in total. The van der Waals surface area contributed by atoms with E-state index < -0.39 is 0 Å². The summed E-state index contributed by atoms with van der Waals surface area (Å²) in [5, 5.41) is 4.70. The monoisotopic (exact) mass is 216 g/mol. The lowest BCUT2D eigenvalue weighted by atomic mass is 10.0. The number of ether oxygens (including phenoxy) is 1. The van der Waals surface area contributed by atoms with Crippen molar-refractivity contribution in [3.05, 3.63) is 29.5 Å². The minimum atomic E-state index is 0.709. The second-order valence-electron chi connectivity index (χ2n) is 4.12. The van der Waals surface area contributed by atoms with Crippen LogP contribution in [0.1, 0.15) is 18.2 Å². The number of fused-ring (bicyclic) bond motifs is 3. The highest BCUT2D eigenvalue weighted by Crippen LogP contribution is 2.31. The van der Waals surface area contributed by atoms with Gasteiger partial charge in [0.05, 0.1) is 12.1 Å². The molecule has 0 bridgehead atoms. The maximum Gasteiger partial charge on any atom is 0.143 e. The Morgan fingerprint density at radius 2 is 2.31 bits per heavy atom. The fourth-order valence-electron chi connectivity index (χ4n) is 2.44. The second kappa shape index (κ2) is 3.83. The van der Waals surface area contributed by atoms with Crippen molar-refractivity contribution in [2.24, 2.45) is 0 Å².